The van der Waals surface area contributed by atoms with E-state index < -0.39 is 177 Å². The molecule has 0 saturated carbocycles. The molecule has 0 aliphatic carbocycles. The highest BCUT2D eigenvalue weighted by Gasteiger charge is 2.49. The minimum Gasteiger partial charge on any atom is -0.479 e. The third kappa shape index (κ3) is 21.2. The second-order valence-electron chi connectivity index (χ2n) is 23.7. The lowest BCUT2D eigenvalue weighted by Gasteiger charge is -2.41. The number of carboxylic acid groups (broad SMARTS) is 1. The number of aliphatic hydroxyl groups excluding tert-OH is 4. The number of hydrogen-bond acceptors (Lipinski definition) is 21. The van der Waals surface area contributed by atoms with Crippen LogP contribution in [0.1, 0.15) is 98.3 Å². The summed E-state index contributed by atoms with van der Waals surface area (Å²) in [6, 6.07) is 8.39. The molecule has 0 radical (unpaired) electrons. The standard InChI is InChI=1S/C61H94N10O21/c1-13-33(6)49(41(87-11)25-46(76)71-23-17-20-39(71)54(88-12)34(7)56(81)66-35(8)50(77)36-18-15-14-16-19-36)69(9)58(83)47(31(2)3)68-57(82)48(32(4)5)70(10)61(86)89-29-37-24-38(21-22-40(37)91-60-53(80)51(78)52(79)55(92-60)59(84)85)67-44(74)28-64-42(72)26-63-43(73)27-65-45(75)30-90-62/h14-16,18-19,21-22,24,31-35,39,41,47-55,60,77-80H,13,17,20,23,25-30,62H2,1-12H3,(H,63,73)(H,64,72)(H,65,75)(H,66,81)(H,67,74)(H,68,82)(H,84,85)/t33-,34+,35+,39-,41+,47-,48-,49-,50+,51?,52-,53?,54+,55?,60+/m0/s1. The Kier molecular flexibility index (Phi) is 30.5. The van der Waals surface area contributed by atoms with Gasteiger partial charge in [-0.15, -0.1) is 0 Å². The Hall–Kier alpha value is -7.62. The number of likely N-dealkylation sites (tertiary alicyclic amines) is 1. The fourth-order valence-electron chi connectivity index (χ4n) is 11.1. The molecule has 4 rings (SSSR count). The third-order valence-corrected chi connectivity index (χ3v) is 16.4. The predicted octanol–water partition coefficient (Wildman–Crippen LogP) is -0.973. The average molecular weight is 1300 g/mol. The van der Waals surface area contributed by atoms with Crippen LogP contribution >= 0.6 is 0 Å². The summed E-state index contributed by atoms with van der Waals surface area (Å²) in [6.45, 7) is 11.5. The van der Waals surface area contributed by atoms with Gasteiger partial charge in [0.15, 0.2) is 6.10 Å². The minimum absolute atomic E-state index is 0.00915. The SMILES string of the molecule is CC[C@H](C)[C@@H]([C@@H](CC(=O)N1CCC[C@H]1[C@H](OC)[C@@H](C)C(=O)N[C@H](C)[C@@H](O)c1ccccc1)OC)N(C)C(=O)[C@@H](NC(=O)[C@H](C(C)C)N(C)C(=O)OCc1cc(NC(=O)CNC(=O)CNC(=O)CNC(=O)CON)ccc1O[C@@H]1OC(C(=O)O)[C@@H](O)C(O)C1O)C(C)C. The van der Waals surface area contributed by atoms with E-state index in [4.69, 9.17) is 29.6 Å². The Morgan fingerprint density at radius 2 is 1.38 bits per heavy atom. The van der Waals surface area contributed by atoms with Crippen LogP contribution in [0.3, 0.4) is 0 Å². The van der Waals surface area contributed by atoms with Crippen molar-refractivity contribution in [2.45, 2.75) is 167 Å². The molecular formula is C61H94N10O21. The first-order valence-electron chi connectivity index (χ1n) is 30.4. The number of aliphatic hydroxyl groups is 4. The molecule has 0 bridgehead atoms. The molecule has 9 amide bonds. The van der Waals surface area contributed by atoms with Crippen molar-refractivity contribution in [2.24, 2.45) is 29.6 Å². The number of carboxylic acids is 1. The summed E-state index contributed by atoms with van der Waals surface area (Å²) in [6.07, 6.45) is -12.1. The second-order valence-corrected chi connectivity index (χ2v) is 23.7. The molecule has 13 N–H and O–H groups in total. The number of likely N-dealkylation sites (N-methyl/N-ethyl adjacent to an activating group) is 2. The topological polar surface area (TPSA) is 435 Å². The lowest BCUT2D eigenvalue weighted by Crippen LogP contribution is -2.61. The number of nitrogens with two attached hydrogens (primary N) is 1. The molecule has 31 nitrogen and oxygen atoms in total. The molecule has 2 aliphatic rings. The van der Waals surface area contributed by atoms with Crippen LogP contribution in [0, 0.1) is 23.7 Å². The quantitative estimate of drug-likeness (QED) is 0.0375. The molecule has 31 heteroatoms. The van der Waals surface area contributed by atoms with E-state index in [2.05, 4.69) is 36.7 Å². The van der Waals surface area contributed by atoms with Gasteiger partial charge in [0.05, 0.1) is 68.4 Å². The number of carbonyl (C=O) groups is 10. The molecule has 514 valence electrons. The maximum absolute atomic E-state index is 14.9. The van der Waals surface area contributed by atoms with E-state index in [-0.39, 0.29) is 41.2 Å². The fourth-order valence-corrected chi connectivity index (χ4v) is 11.1. The normalized spacial score (nSPS) is 21.0. The first-order chi connectivity index (χ1) is 43.4. The number of amides is 9. The van der Waals surface area contributed by atoms with Gasteiger partial charge in [-0.05, 0) is 61.3 Å². The average Bonchev–Trinajstić information content (AvgIpc) is 1.02. The first-order valence-corrected chi connectivity index (χ1v) is 30.4. The summed E-state index contributed by atoms with van der Waals surface area (Å²) < 4.78 is 28.8. The number of nitrogens with zero attached hydrogens (tertiary/aromatic N) is 3. The number of carbonyl (C=O) groups excluding carboxylic acids is 9. The highest BCUT2D eigenvalue weighted by Crippen LogP contribution is 2.32. The fraction of sp³-hybridized carbons (Fsp3) is 0.639. The van der Waals surface area contributed by atoms with Gasteiger partial charge < -0.3 is 90.9 Å². The van der Waals surface area contributed by atoms with Gasteiger partial charge in [-0.1, -0.05) is 85.2 Å². The van der Waals surface area contributed by atoms with E-state index in [0.29, 0.717) is 31.4 Å². The van der Waals surface area contributed by atoms with Crippen LogP contribution in [0.15, 0.2) is 48.5 Å². The number of ether oxygens (including phenoxy) is 5. The zero-order valence-corrected chi connectivity index (χ0v) is 54.2. The number of rotatable bonds is 34. The second kappa shape index (κ2) is 36.6. The van der Waals surface area contributed by atoms with Crippen molar-refractivity contribution in [1.82, 2.24) is 41.3 Å². The molecule has 0 spiro atoms. The summed E-state index contributed by atoms with van der Waals surface area (Å²) in [5.41, 5.74) is 0.580. The van der Waals surface area contributed by atoms with Gasteiger partial charge in [-0.3, -0.25) is 48.1 Å². The van der Waals surface area contributed by atoms with Gasteiger partial charge in [0, 0.05) is 46.1 Å². The molecule has 2 saturated heterocycles. The van der Waals surface area contributed by atoms with Gasteiger partial charge in [0.2, 0.25) is 53.5 Å². The molecule has 0 aromatic heterocycles. The van der Waals surface area contributed by atoms with Gasteiger partial charge >= 0.3 is 12.1 Å². The van der Waals surface area contributed by atoms with E-state index >= 15 is 0 Å². The smallest absolute Gasteiger partial charge is 0.410 e. The Morgan fingerprint density at radius 1 is 0.761 bits per heavy atom. The van der Waals surface area contributed by atoms with Crippen molar-refractivity contribution >= 4 is 65.0 Å². The van der Waals surface area contributed by atoms with E-state index in [9.17, 15) is 73.5 Å². The monoisotopic (exact) mass is 1300 g/mol. The lowest BCUT2D eigenvalue weighted by atomic mass is 9.89. The van der Waals surface area contributed by atoms with Crippen molar-refractivity contribution < 1.29 is 102 Å². The Balaban J connectivity index is 1.50. The number of methoxy groups -OCH3 is 2. The lowest BCUT2D eigenvalue weighted by molar-refractivity contribution is -0.271. The first kappa shape index (κ1) is 76.8. The molecule has 15 atom stereocenters. The van der Waals surface area contributed by atoms with Crippen LogP contribution in [0.2, 0.25) is 0 Å². The number of nitrogens with one attached hydrogen (secondary N) is 6. The van der Waals surface area contributed by atoms with Crippen LogP contribution in [-0.4, -0.2) is 234 Å². The van der Waals surface area contributed by atoms with Crippen LogP contribution in [0.5, 0.6) is 5.75 Å². The summed E-state index contributed by atoms with van der Waals surface area (Å²) in [7, 11) is 5.80. The molecule has 2 fully saturated rings. The highest BCUT2D eigenvalue weighted by molar-refractivity contribution is 5.96. The van der Waals surface area contributed by atoms with Crippen molar-refractivity contribution in [1.29, 1.82) is 0 Å². The Bertz CT molecular complexity index is 2820. The van der Waals surface area contributed by atoms with Crippen molar-refractivity contribution in [3.63, 3.8) is 0 Å². The molecule has 3 unspecified atom stereocenters. The van der Waals surface area contributed by atoms with Gasteiger partial charge in [-0.25, -0.2) is 15.5 Å². The van der Waals surface area contributed by atoms with E-state index in [1.807, 2.05) is 19.9 Å². The van der Waals surface area contributed by atoms with E-state index in [1.165, 1.54) is 44.4 Å². The largest absolute Gasteiger partial charge is 0.479 e. The number of anilines is 1. The van der Waals surface area contributed by atoms with E-state index in [1.54, 1.807) is 77.8 Å². The van der Waals surface area contributed by atoms with Crippen LogP contribution < -0.4 is 42.5 Å². The molecule has 2 aromatic rings. The Morgan fingerprint density at radius 3 is 1.95 bits per heavy atom. The van der Waals surface area contributed by atoms with Crippen molar-refractivity contribution in [3.05, 3.63) is 59.7 Å². The van der Waals surface area contributed by atoms with Crippen LogP contribution in [-0.2, 0) is 73.5 Å². The summed E-state index contributed by atoms with van der Waals surface area (Å²) >= 11 is 0. The number of hydrogen-bond donors (Lipinski definition) is 12. The minimum atomic E-state index is -2.06. The molecule has 92 heavy (non-hydrogen) atoms. The van der Waals surface area contributed by atoms with Crippen molar-refractivity contribution in [2.75, 3.05) is 66.4 Å². The summed E-state index contributed by atoms with van der Waals surface area (Å²) in [5, 5.41) is 67.2. The van der Waals surface area contributed by atoms with Gasteiger partial charge in [0.1, 0.15) is 49.4 Å². The molecule has 2 heterocycles. The molecule has 2 aliphatic heterocycles. The summed E-state index contributed by atoms with van der Waals surface area (Å²) in [4.78, 5) is 141. The van der Waals surface area contributed by atoms with Gasteiger partial charge in [0.25, 0.3) is 0 Å². The molecule has 2 aromatic carbocycles. The maximum atomic E-state index is 14.9. The predicted molar refractivity (Wildman–Crippen MR) is 328 cm³/mol. The number of benzene rings is 2. The zero-order chi connectivity index (χ0) is 68.8. The van der Waals surface area contributed by atoms with Gasteiger partial charge in [-0.2, -0.15) is 0 Å². The highest BCUT2D eigenvalue weighted by atomic mass is 16.7. The summed E-state index contributed by atoms with van der Waals surface area (Å²) in [5.74, 6) is -4.14. The number of aliphatic carboxylic acids is 1. The third-order valence-electron chi connectivity index (χ3n) is 16.4. The Labute approximate surface area is 534 Å². The van der Waals surface area contributed by atoms with Crippen LogP contribution in [0.25, 0.3) is 0 Å². The van der Waals surface area contributed by atoms with Crippen molar-refractivity contribution in [3.8, 4) is 5.75 Å². The molecular weight excluding hydrogens is 1210 g/mol. The zero-order valence-electron chi connectivity index (χ0n) is 54.2. The van der Waals surface area contributed by atoms with Crippen LogP contribution in [0.4, 0.5) is 10.5 Å². The maximum Gasteiger partial charge on any atom is 0.410 e. The van der Waals surface area contributed by atoms with E-state index in [0.717, 1.165) is 4.90 Å².